The fraction of sp³-hybridized carbons (Fsp3) is 0.615. The predicted molar refractivity (Wildman–Crippen MR) is 64.7 cm³/mol. The Balaban J connectivity index is 1.77. The zero-order valence-corrected chi connectivity index (χ0v) is 10.1. The lowest BCUT2D eigenvalue weighted by Crippen LogP contribution is -2.32. The number of aromatic nitrogens is 1. The second-order valence-corrected chi connectivity index (χ2v) is 4.73. The summed E-state index contributed by atoms with van der Waals surface area (Å²) in [6, 6.07) is 3.99. The zero-order chi connectivity index (χ0) is 11.4. The second-order valence-electron chi connectivity index (χ2n) is 4.73. The number of rotatable bonds is 3. The van der Waals surface area contributed by atoms with E-state index in [1.54, 1.807) is 0 Å². The van der Waals surface area contributed by atoms with Crippen LogP contribution in [0, 0.1) is 12.8 Å². The van der Waals surface area contributed by atoms with Crippen molar-refractivity contribution in [1.82, 2.24) is 9.88 Å². The molecule has 0 saturated carbocycles. The molecule has 0 aliphatic carbocycles. The maximum atomic E-state index is 5.71. The van der Waals surface area contributed by atoms with E-state index in [0.717, 1.165) is 12.5 Å². The van der Waals surface area contributed by atoms with Crippen LogP contribution in [0.1, 0.15) is 18.4 Å². The molecule has 2 rings (SSSR count). The highest BCUT2D eigenvalue weighted by molar-refractivity contribution is 5.16. The van der Waals surface area contributed by atoms with Crippen LogP contribution in [0.5, 0.6) is 5.88 Å². The first kappa shape index (κ1) is 11.4. The highest BCUT2D eigenvalue weighted by Crippen LogP contribution is 2.17. The third kappa shape index (κ3) is 3.20. The number of ether oxygens (including phenoxy) is 1. The van der Waals surface area contributed by atoms with E-state index in [-0.39, 0.29) is 0 Å². The van der Waals surface area contributed by atoms with Crippen molar-refractivity contribution in [2.75, 3.05) is 26.7 Å². The molecule has 88 valence electrons. The van der Waals surface area contributed by atoms with Gasteiger partial charge in [0.25, 0.3) is 0 Å². The summed E-state index contributed by atoms with van der Waals surface area (Å²) < 4.78 is 5.71. The topological polar surface area (TPSA) is 25.4 Å². The number of pyridine rings is 1. The number of likely N-dealkylation sites (tertiary alicyclic amines) is 1. The molecule has 0 unspecified atom stereocenters. The Labute approximate surface area is 97.4 Å². The van der Waals surface area contributed by atoms with E-state index in [1.165, 1.54) is 31.5 Å². The summed E-state index contributed by atoms with van der Waals surface area (Å²) in [4.78, 5) is 6.62. The SMILES string of the molecule is Cc1ccc(OCC2CCN(C)CC2)nc1. The van der Waals surface area contributed by atoms with E-state index in [4.69, 9.17) is 4.74 Å². The van der Waals surface area contributed by atoms with Gasteiger partial charge in [-0.2, -0.15) is 0 Å². The number of hydrogen-bond acceptors (Lipinski definition) is 3. The van der Waals surface area contributed by atoms with Crippen LogP contribution < -0.4 is 4.74 Å². The van der Waals surface area contributed by atoms with Gasteiger partial charge in [-0.15, -0.1) is 0 Å². The van der Waals surface area contributed by atoms with Crippen molar-refractivity contribution in [3.8, 4) is 5.88 Å². The van der Waals surface area contributed by atoms with Gasteiger partial charge in [0.05, 0.1) is 6.61 Å². The van der Waals surface area contributed by atoms with Gasteiger partial charge in [-0.25, -0.2) is 4.98 Å². The van der Waals surface area contributed by atoms with Crippen molar-refractivity contribution in [2.45, 2.75) is 19.8 Å². The minimum absolute atomic E-state index is 0.694. The van der Waals surface area contributed by atoms with Crippen LogP contribution in [-0.2, 0) is 0 Å². The highest BCUT2D eigenvalue weighted by Gasteiger charge is 2.17. The van der Waals surface area contributed by atoms with Gasteiger partial charge in [-0.1, -0.05) is 6.07 Å². The van der Waals surface area contributed by atoms with Crippen molar-refractivity contribution >= 4 is 0 Å². The molecule has 1 fully saturated rings. The fourth-order valence-corrected chi connectivity index (χ4v) is 1.97. The molecule has 2 heterocycles. The number of hydrogen-bond donors (Lipinski definition) is 0. The lowest BCUT2D eigenvalue weighted by atomic mass is 9.98. The molecule has 0 amide bonds. The van der Waals surface area contributed by atoms with E-state index < -0.39 is 0 Å². The molecule has 1 aliphatic heterocycles. The van der Waals surface area contributed by atoms with E-state index in [2.05, 4.69) is 16.9 Å². The molecule has 1 aromatic rings. The lowest BCUT2D eigenvalue weighted by molar-refractivity contribution is 0.157. The highest BCUT2D eigenvalue weighted by atomic mass is 16.5. The smallest absolute Gasteiger partial charge is 0.213 e. The normalized spacial score (nSPS) is 18.6. The Morgan fingerprint density at radius 2 is 2.12 bits per heavy atom. The van der Waals surface area contributed by atoms with E-state index in [0.29, 0.717) is 5.92 Å². The van der Waals surface area contributed by atoms with Gasteiger partial charge < -0.3 is 9.64 Å². The first-order valence-electron chi connectivity index (χ1n) is 5.98. The summed E-state index contributed by atoms with van der Waals surface area (Å²) in [6.45, 7) is 5.22. The lowest BCUT2D eigenvalue weighted by Gasteiger charge is -2.28. The summed E-state index contributed by atoms with van der Waals surface area (Å²) >= 11 is 0. The molecule has 1 aromatic heterocycles. The van der Waals surface area contributed by atoms with Crippen molar-refractivity contribution in [2.24, 2.45) is 5.92 Å². The van der Waals surface area contributed by atoms with Crippen molar-refractivity contribution in [3.63, 3.8) is 0 Å². The Morgan fingerprint density at radius 1 is 1.38 bits per heavy atom. The van der Waals surface area contributed by atoms with Gasteiger partial charge in [0, 0.05) is 12.3 Å². The van der Waals surface area contributed by atoms with Crippen LogP contribution in [0.4, 0.5) is 0 Å². The summed E-state index contributed by atoms with van der Waals surface area (Å²) in [5.41, 5.74) is 1.17. The number of nitrogens with zero attached hydrogens (tertiary/aromatic N) is 2. The average Bonchev–Trinajstić information content (AvgIpc) is 2.30. The maximum absolute atomic E-state index is 5.71. The second kappa shape index (κ2) is 5.30. The molecule has 0 bridgehead atoms. The van der Waals surface area contributed by atoms with Crippen molar-refractivity contribution in [1.29, 1.82) is 0 Å². The van der Waals surface area contributed by atoms with Gasteiger partial charge in [0.1, 0.15) is 0 Å². The summed E-state index contributed by atoms with van der Waals surface area (Å²) in [5.74, 6) is 1.45. The molecule has 3 heteroatoms. The van der Waals surface area contributed by atoms with Gasteiger partial charge in [-0.05, 0) is 51.4 Å². The van der Waals surface area contributed by atoms with Crippen LogP contribution in [-0.4, -0.2) is 36.6 Å². The average molecular weight is 220 g/mol. The van der Waals surface area contributed by atoms with Crippen molar-refractivity contribution in [3.05, 3.63) is 23.9 Å². The molecule has 16 heavy (non-hydrogen) atoms. The molecule has 0 aromatic carbocycles. The predicted octanol–water partition coefficient (Wildman–Crippen LogP) is 2.11. The quantitative estimate of drug-likeness (QED) is 0.780. The molecule has 1 aliphatic rings. The van der Waals surface area contributed by atoms with Crippen LogP contribution in [0.2, 0.25) is 0 Å². The largest absolute Gasteiger partial charge is 0.477 e. The van der Waals surface area contributed by atoms with Crippen LogP contribution >= 0.6 is 0 Å². The summed E-state index contributed by atoms with van der Waals surface area (Å²) in [6.07, 6.45) is 4.33. The Kier molecular flexibility index (Phi) is 3.78. The number of aryl methyl sites for hydroxylation is 1. The Bertz CT molecular complexity index is 315. The number of piperidine rings is 1. The van der Waals surface area contributed by atoms with Gasteiger partial charge in [-0.3, -0.25) is 0 Å². The molecule has 0 spiro atoms. The molecule has 3 nitrogen and oxygen atoms in total. The molecule has 0 radical (unpaired) electrons. The van der Waals surface area contributed by atoms with Crippen LogP contribution in [0.3, 0.4) is 0 Å². The molecule has 1 saturated heterocycles. The maximum Gasteiger partial charge on any atom is 0.213 e. The van der Waals surface area contributed by atoms with Crippen LogP contribution in [0.25, 0.3) is 0 Å². The Morgan fingerprint density at radius 3 is 2.75 bits per heavy atom. The third-order valence-electron chi connectivity index (χ3n) is 3.19. The molecular formula is C13H20N2O. The van der Waals surface area contributed by atoms with Gasteiger partial charge >= 0.3 is 0 Å². The van der Waals surface area contributed by atoms with Crippen LogP contribution in [0.15, 0.2) is 18.3 Å². The minimum Gasteiger partial charge on any atom is -0.477 e. The molecule has 0 N–H and O–H groups in total. The van der Waals surface area contributed by atoms with E-state index in [9.17, 15) is 0 Å². The van der Waals surface area contributed by atoms with E-state index in [1.807, 2.05) is 25.3 Å². The van der Waals surface area contributed by atoms with Gasteiger partial charge in [0.2, 0.25) is 5.88 Å². The van der Waals surface area contributed by atoms with Crippen molar-refractivity contribution < 1.29 is 4.74 Å². The van der Waals surface area contributed by atoms with Gasteiger partial charge in [0.15, 0.2) is 0 Å². The monoisotopic (exact) mass is 220 g/mol. The first-order chi connectivity index (χ1) is 7.74. The Hall–Kier alpha value is -1.09. The summed E-state index contributed by atoms with van der Waals surface area (Å²) in [5, 5.41) is 0. The fourth-order valence-electron chi connectivity index (χ4n) is 1.97. The standard InChI is InChI=1S/C13H20N2O/c1-11-3-4-13(14-9-11)16-10-12-5-7-15(2)8-6-12/h3-4,9,12H,5-8,10H2,1-2H3. The first-order valence-corrected chi connectivity index (χ1v) is 5.98. The van der Waals surface area contributed by atoms with E-state index >= 15 is 0 Å². The third-order valence-corrected chi connectivity index (χ3v) is 3.19. The molecular weight excluding hydrogens is 200 g/mol. The molecule has 0 atom stereocenters. The zero-order valence-electron chi connectivity index (χ0n) is 10.1. The summed E-state index contributed by atoms with van der Waals surface area (Å²) in [7, 11) is 2.18. The minimum atomic E-state index is 0.694.